The fourth-order valence-electron chi connectivity index (χ4n) is 1.27. The van der Waals surface area contributed by atoms with Crippen LogP contribution in [0, 0.1) is 10.1 Å². The average molecular weight is 195 g/mol. The van der Waals surface area contributed by atoms with Crippen LogP contribution >= 0.6 is 0 Å². The number of nitro benzene ring substituents is 1. The first-order valence-corrected chi connectivity index (χ1v) is 7.67. The summed E-state index contributed by atoms with van der Waals surface area (Å²) in [5.74, 6) is 0. The van der Waals surface area contributed by atoms with E-state index in [0.29, 0.717) is 0 Å². The molecule has 0 radical (unpaired) electrons. The minimum atomic E-state index is -1.58. The molecular weight excluding hydrogens is 182 g/mol. The second-order valence-electron chi connectivity index (χ2n) is 4.02. The number of nitro groups is 1. The van der Waals surface area contributed by atoms with Crippen molar-refractivity contribution < 1.29 is 4.92 Å². The van der Waals surface area contributed by atoms with Gasteiger partial charge in [-0.3, -0.25) is 10.1 Å². The molecule has 0 heterocycles. The number of para-hydroxylation sites is 1. The SMILES string of the molecule is C[Si](C)(C)c1ccccc1[N+](=O)[O-]. The predicted molar refractivity (Wildman–Crippen MR) is 56.1 cm³/mol. The maximum atomic E-state index is 10.7. The monoisotopic (exact) mass is 195 g/mol. The van der Waals surface area contributed by atoms with Crippen LogP contribution in [-0.4, -0.2) is 13.0 Å². The fraction of sp³-hybridized carbons (Fsp3) is 0.333. The first-order chi connectivity index (χ1) is 5.93. The van der Waals surface area contributed by atoms with Crippen molar-refractivity contribution in [3.05, 3.63) is 34.4 Å². The lowest BCUT2D eigenvalue weighted by molar-refractivity contribution is -0.383. The lowest BCUT2D eigenvalue weighted by Gasteiger charge is -2.15. The van der Waals surface area contributed by atoms with Crippen molar-refractivity contribution in [2.24, 2.45) is 0 Å². The minimum Gasteiger partial charge on any atom is -0.258 e. The molecule has 0 fully saturated rings. The van der Waals surface area contributed by atoms with Crippen molar-refractivity contribution in [3.63, 3.8) is 0 Å². The van der Waals surface area contributed by atoms with Gasteiger partial charge >= 0.3 is 0 Å². The summed E-state index contributed by atoms with van der Waals surface area (Å²) in [5, 5.41) is 11.6. The van der Waals surface area contributed by atoms with Gasteiger partial charge in [0.1, 0.15) is 0 Å². The zero-order chi connectivity index (χ0) is 10.1. The van der Waals surface area contributed by atoms with E-state index in [1.165, 1.54) is 0 Å². The van der Waals surface area contributed by atoms with Crippen LogP contribution in [0.2, 0.25) is 19.6 Å². The molecule has 0 saturated heterocycles. The van der Waals surface area contributed by atoms with Gasteiger partial charge in [0, 0.05) is 11.3 Å². The molecule has 0 atom stereocenters. The van der Waals surface area contributed by atoms with Crippen LogP contribution in [0.25, 0.3) is 0 Å². The van der Waals surface area contributed by atoms with Crippen molar-refractivity contribution in [1.82, 2.24) is 0 Å². The normalized spacial score (nSPS) is 11.3. The molecule has 70 valence electrons. The standard InChI is InChI=1S/C9H13NO2Si/c1-13(2,3)9-7-5-4-6-8(9)10(11)12/h4-7H,1-3H3. The molecule has 0 aromatic heterocycles. The van der Waals surface area contributed by atoms with E-state index in [9.17, 15) is 10.1 Å². The molecule has 0 N–H and O–H groups in total. The summed E-state index contributed by atoms with van der Waals surface area (Å²) < 4.78 is 0. The average Bonchev–Trinajstić information content (AvgIpc) is 2.03. The molecule has 1 aromatic carbocycles. The Kier molecular flexibility index (Phi) is 2.52. The Morgan fingerprint density at radius 2 is 1.77 bits per heavy atom. The Balaban J connectivity index is 3.28. The summed E-state index contributed by atoms with van der Waals surface area (Å²) in [6, 6.07) is 7.01. The summed E-state index contributed by atoms with van der Waals surface area (Å²) in [7, 11) is -1.58. The topological polar surface area (TPSA) is 43.1 Å². The number of rotatable bonds is 2. The number of nitrogens with zero attached hydrogens (tertiary/aromatic N) is 1. The summed E-state index contributed by atoms with van der Waals surface area (Å²) >= 11 is 0. The molecule has 1 aromatic rings. The fourth-order valence-corrected chi connectivity index (χ4v) is 2.81. The van der Waals surface area contributed by atoms with E-state index < -0.39 is 8.07 Å². The molecule has 0 spiro atoms. The molecule has 0 aliphatic carbocycles. The summed E-state index contributed by atoms with van der Waals surface area (Å²) in [4.78, 5) is 10.4. The van der Waals surface area contributed by atoms with Crippen LogP contribution in [0.1, 0.15) is 0 Å². The van der Waals surface area contributed by atoms with Gasteiger partial charge in [0.15, 0.2) is 0 Å². The van der Waals surface area contributed by atoms with E-state index in [4.69, 9.17) is 0 Å². The second kappa shape index (κ2) is 3.30. The summed E-state index contributed by atoms with van der Waals surface area (Å²) in [5.41, 5.74) is 0.265. The van der Waals surface area contributed by atoms with Gasteiger partial charge in [-0.15, -0.1) is 0 Å². The van der Waals surface area contributed by atoms with Crippen LogP contribution < -0.4 is 5.19 Å². The van der Waals surface area contributed by atoms with Crippen LogP contribution in [0.5, 0.6) is 0 Å². The molecule has 0 amide bonds. The third kappa shape index (κ3) is 2.15. The van der Waals surface area contributed by atoms with E-state index in [-0.39, 0.29) is 10.6 Å². The van der Waals surface area contributed by atoms with Gasteiger partial charge in [-0.05, 0) is 0 Å². The van der Waals surface area contributed by atoms with Gasteiger partial charge < -0.3 is 0 Å². The highest BCUT2D eigenvalue weighted by atomic mass is 28.3. The highest BCUT2D eigenvalue weighted by Gasteiger charge is 2.25. The Bertz CT molecular complexity index is 331. The second-order valence-corrected chi connectivity index (χ2v) is 9.06. The van der Waals surface area contributed by atoms with Gasteiger partial charge in [-0.25, -0.2) is 0 Å². The molecule has 0 saturated carbocycles. The number of hydrogen-bond acceptors (Lipinski definition) is 2. The zero-order valence-electron chi connectivity index (χ0n) is 8.07. The van der Waals surface area contributed by atoms with Crippen LogP contribution in [-0.2, 0) is 0 Å². The van der Waals surface area contributed by atoms with Crippen LogP contribution in [0.4, 0.5) is 5.69 Å². The maximum absolute atomic E-state index is 10.7. The van der Waals surface area contributed by atoms with E-state index in [1.807, 2.05) is 12.1 Å². The van der Waals surface area contributed by atoms with Crippen molar-refractivity contribution in [2.45, 2.75) is 19.6 Å². The third-order valence-electron chi connectivity index (χ3n) is 1.91. The van der Waals surface area contributed by atoms with Crippen LogP contribution in [0.15, 0.2) is 24.3 Å². The Morgan fingerprint density at radius 3 is 2.15 bits per heavy atom. The molecule has 0 aliphatic rings. The van der Waals surface area contributed by atoms with Crippen molar-refractivity contribution >= 4 is 18.9 Å². The highest BCUT2D eigenvalue weighted by molar-refractivity contribution is 6.89. The Morgan fingerprint density at radius 1 is 1.23 bits per heavy atom. The van der Waals surface area contributed by atoms with Gasteiger partial charge in [0.2, 0.25) is 0 Å². The van der Waals surface area contributed by atoms with Crippen molar-refractivity contribution in [1.29, 1.82) is 0 Å². The van der Waals surface area contributed by atoms with Gasteiger partial charge in [0.05, 0.1) is 13.0 Å². The lowest BCUT2D eigenvalue weighted by Crippen LogP contribution is -2.38. The van der Waals surface area contributed by atoms with Crippen LogP contribution in [0.3, 0.4) is 0 Å². The summed E-state index contributed by atoms with van der Waals surface area (Å²) in [6.45, 7) is 6.32. The number of benzene rings is 1. The van der Waals surface area contributed by atoms with E-state index in [2.05, 4.69) is 19.6 Å². The molecule has 0 unspecified atom stereocenters. The van der Waals surface area contributed by atoms with E-state index >= 15 is 0 Å². The first-order valence-electron chi connectivity index (χ1n) is 4.17. The molecule has 3 nitrogen and oxygen atoms in total. The Hall–Kier alpha value is -1.16. The largest absolute Gasteiger partial charge is 0.268 e. The molecule has 0 aliphatic heterocycles. The molecule has 1 rings (SSSR count). The third-order valence-corrected chi connectivity index (χ3v) is 3.95. The smallest absolute Gasteiger partial charge is 0.258 e. The highest BCUT2D eigenvalue weighted by Crippen LogP contribution is 2.13. The lowest BCUT2D eigenvalue weighted by atomic mass is 10.3. The predicted octanol–water partition coefficient (Wildman–Crippen LogP) is 2.14. The quantitative estimate of drug-likeness (QED) is 0.412. The maximum Gasteiger partial charge on any atom is 0.268 e. The first kappa shape index (κ1) is 9.92. The molecular formula is C9H13NO2Si. The van der Waals surface area contributed by atoms with E-state index in [0.717, 1.165) is 5.19 Å². The van der Waals surface area contributed by atoms with Crippen molar-refractivity contribution in [3.8, 4) is 0 Å². The summed E-state index contributed by atoms with van der Waals surface area (Å²) in [6.07, 6.45) is 0. The van der Waals surface area contributed by atoms with E-state index in [1.54, 1.807) is 12.1 Å². The molecule has 4 heteroatoms. The van der Waals surface area contributed by atoms with Gasteiger partial charge in [-0.2, -0.15) is 0 Å². The number of hydrogen-bond donors (Lipinski definition) is 0. The molecule has 0 bridgehead atoms. The zero-order valence-corrected chi connectivity index (χ0v) is 9.07. The van der Waals surface area contributed by atoms with Gasteiger partial charge in [-0.1, -0.05) is 37.8 Å². The minimum absolute atomic E-state index is 0.265. The van der Waals surface area contributed by atoms with Gasteiger partial charge in [0.25, 0.3) is 5.69 Å². The molecule has 13 heavy (non-hydrogen) atoms. The Labute approximate surface area is 78.6 Å². The van der Waals surface area contributed by atoms with Crippen molar-refractivity contribution in [2.75, 3.05) is 0 Å².